The highest BCUT2D eigenvalue weighted by atomic mass is 35.5. The lowest BCUT2D eigenvalue weighted by Gasteiger charge is -2.34. The SMILES string of the molecule is Cc1ccc(N(CC(=O)N(Cc2cccc(Cl)c2)[C@@H](Cc2ccccc2)C(=O)NC(C)C)S(=O)(=O)c2ccccc2)cc1Cl. The van der Waals surface area contributed by atoms with Crippen LogP contribution in [-0.2, 0) is 32.6 Å². The summed E-state index contributed by atoms with van der Waals surface area (Å²) in [5, 5.41) is 3.78. The Kier molecular flexibility index (Phi) is 11.1. The smallest absolute Gasteiger partial charge is 0.264 e. The van der Waals surface area contributed by atoms with Gasteiger partial charge < -0.3 is 10.2 Å². The molecule has 0 aliphatic heterocycles. The van der Waals surface area contributed by atoms with E-state index in [1.807, 2.05) is 57.2 Å². The summed E-state index contributed by atoms with van der Waals surface area (Å²) in [6, 6.07) is 28.0. The van der Waals surface area contributed by atoms with Gasteiger partial charge in [0.2, 0.25) is 11.8 Å². The third kappa shape index (κ3) is 8.40. The quantitative estimate of drug-likeness (QED) is 0.186. The van der Waals surface area contributed by atoms with Gasteiger partial charge in [-0.2, -0.15) is 0 Å². The molecule has 0 heterocycles. The number of hydrogen-bond donors (Lipinski definition) is 1. The Morgan fingerprint density at radius 3 is 2.07 bits per heavy atom. The van der Waals surface area contributed by atoms with Gasteiger partial charge in [0.1, 0.15) is 12.6 Å². The summed E-state index contributed by atoms with van der Waals surface area (Å²) >= 11 is 12.7. The van der Waals surface area contributed by atoms with E-state index in [4.69, 9.17) is 23.2 Å². The van der Waals surface area contributed by atoms with Crippen molar-refractivity contribution in [2.45, 2.75) is 50.7 Å². The van der Waals surface area contributed by atoms with Crippen LogP contribution in [0.1, 0.15) is 30.5 Å². The van der Waals surface area contributed by atoms with Gasteiger partial charge in [0.05, 0.1) is 10.6 Å². The van der Waals surface area contributed by atoms with Crippen LogP contribution in [-0.4, -0.2) is 43.8 Å². The average Bonchev–Trinajstić information content (AvgIpc) is 2.99. The summed E-state index contributed by atoms with van der Waals surface area (Å²) in [6.07, 6.45) is 0.216. The zero-order valence-corrected chi connectivity index (χ0v) is 27.1. The molecule has 0 spiro atoms. The molecule has 0 saturated heterocycles. The molecule has 0 aromatic heterocycles. The Bertz CT molecular complexity index is 1700. The number of rotatable bonds is 12. The molecule has 0 saturated carbocycles. The van der Waals surface area contributed by atoms with E-state index in [0.29, 0.717) is 15.6 Å². The van der Waals surface area contributed by atoms with Crippen molar-refractivity contribution in [2.75, 3.05) is 10.8 Å². The number of carbonyl (C=O) groups excluding carboxylic acids is 2. The van der Waals surface area contributed by atoms with Gasteiger partial charge >= 0.3 is 0 Å². The van der Waals surface area contributed by atoms with Gasteiger partial charge in [-0.05, 0) is 73.9 Å². The highest BCUT2D eigenvalue weighted by Crippen LogP contribution is 2.29. The standard InChI is InChI=1S/C34H35Cl2N3O4S/c1-24(2)37-34(41)32(20-26-11-6-4-7-12-26)38(22-27-13-10-14-28(35)19-27)33(40)23-39(29-18-17-25(3)31(36)21-29)44(42,43)30-15-8-5-9-16-30/h4-19,21,24,32H,20,22-23H2,1-3H3,(H,37,41)/t32-/m0/s1. The fourth-order valence-electron chi connectivity index (χ4n) is 4.75. The first-order chi connectivity index (χ1) is 21.0. The Hall–Kier alpha value is -3.85. The van der Waals surface area contributed by atoms with Crippen molar-refractivity contribution < 1.29 is 18.0 Å². The van der Waals surface area contributed by atoms with Crippen molar-refractivity contribution in [1.82, 2.24) is 10.2 Å². The summed E-state index contributed by atoms with van der Waals surface area (Å²) in [4.78, 5) is 29.6. The van der Waals surface area contributed by atoms with E-state index in [1.165, 1.54) is 23.1 Å². The van der Waals surface area contributed by atoms with E-state index >= 15 is 0 Å². The van der Waals surface area contributed by atoms with Crippen molar-refractivity contribution >= 4 is 50.7 Å². The number of nitrogens with one attached hydrogen (secondary N) is 1. The number of carbonyl (C=O) groups is 2. The first-order valence-electron chi connectivity index (χ1n) is 14.2. The summed E-state index contributed by atoms with van der Waals surface area (Å²) in [5.41, 5.74) is 2.53. The lowest BCUT2D eigenvalue weighted by Crippen LogP contribution is -2.54. The minimum absolute atomic E-state index is 0.0178. The lowest BCUT2D eigenvalue weighted by atomic mass is 10.0. The third-order valence-corrected chi connectivity index (χ3v) is 9.43. The van der Waals surface area contributed by atoms with Crippen LogP contribution < -0.4 is 9.62 Å². The van der Waals surface area contributed by atoms with Gasteiger partial charge in [-0.25, -0.2) is 8.42 Å². The van der Waals surface area contributed by atoms with Gasteiger partial charge in [0, 0.05) is 29.1 Å². The Morgan fingerprint density at radius 1 is 0.818 bits per heavy atom. The van der Waals surface area contributed by atoms with Crippen molar-refractivity contribution in [3.8, 4) is 0 Å². The van der Waals surface area contributed by atoms with Crippen molar-refractivity contribution in [3.05, 3.63) is 130 Å². The Morgan fingerprint density at radius 2 is 1.45 bits per heavy atom. The Labute approximate surface area is 269 Å². The summed E-state index contributed by atoms with van der Waals surface area (Å²) in [7, 11) is -4.21. The molecular formula is C34H35Cl2N3O4S. The van der Waals surface area contributed by atoms with E-state index in [-0.39, 0.29) is 35.5 Å². The molecule has 4 aromatic carbocycles. The molecule has 1 N–H and O–H groups in total. The van der Waals surface area contributed by atoms with Gasteiger partial charge in [-0.1, -0.05) is 89.9 Å². The zero-order chi connectivity index (χ0) is 31.9. The van der Waals surface area contributed by atoms with Crippen molar-refractivity contribution in [3.63, 3.8) is 0 Å². The second-order valence-corrected chi connectivity index (χ2v) is 13.5. The van der Waals surface area contributed by atoms with Crippen molar-refractivity contribution in [2.24, 2.45) is 0 Å². The van der Waals surface area contributed by atoms with E-state index in [1.54, 1.807) is 48.5 Å². The number of aryl methyl sites for hydroxylation is 1. The van der Waals surface area contributed by atoms with Crippen LogP contribution in [0.3, 0.4) is 0 Å². The van der Waals surface area contributed by atoms with Crippen LogP contribution >= 0.6 is 23.2 Å². The normalized spacial score (nSPS) is 12.0. The second-order valence-electron chi connectivity index (χ2n) is 10.8. The topological polar surface area (TPSA) is 86.8 Å². The van der Waals surface area contributed by atoms with Crippen LogP contribution in [0.25, 0.3) is 0 Å². The highest BCUT2D eigenvalue weighted by molar-refractivity contribution is 7.92. The summed E-state index contributed by atoms with van der Waals surface area (Å²) in [6.45, 7) is 4.95. The Balaban J connectivity index is 1.82. The minimum atomic E-state index is -4.21. The van der Waals surface area contributed by atoms with Gasteiger partial charge in [0.15, 0.2) is 0 Å². The van der Waals surface area contributed by atoms with E-state index in [0.717, 1.165) is 15.4 Å². The maximum Gasteiger partial charge on any atom is 0.264 e. The van der Waals surface area contributed by atoms with Crippen LogP contribution in [0.5, 0.6) is 0 Å². The number of hydrogen-bond acceptors (Lipinski definition) is 4. The molecule has 2 amide bonds. The van der Waals surface area contributed by atoms with Gasteiger partial charge in [0.25, 0.3) is 10.0 Å². The van der Waals surface area contributed by atoms with E-state index in [2.05, 4.69) is 5.32 Å². The predicted molar refractivity (Wildman–Crippen MR) is 176 cm³/mol. The monoisotopic (exact) mass is 651 g/mol. The number of amides is 2. The number of sulfonamides is 1. The molecule has 230 valence electrons. The molecule has 0 fully saturated rings. The van der Waals surface area contributed by atoms with Crippen LogP contribution in [0.2, 0.25) is 10.0 Å². The first kappa shape index (κ1) is 33.1. The molecule has 4 aromatic rings. The lowest BCUT2D eigenvalue weighted by molar-refractivity contribution is -0.140. The van der Waals surface area contributed by atoms with E-state index in [9.17, 15) is 18.0 Å². The molecule has 4 rings (SSSR count). The van der Waals surface area contributed by atoms with Crippen LogP contribution in [0.15, 0.2) is 108 Å². The van der Waals surface area contributed by atoms with Crippen LogP contribution in [0.4, 0.5) is 5.69 Å². The third-order valence-electron chi connectivity index (χ3n) is 7.00. The molecule has 0 aliphatic carbocycles. The maximum absolute atomic E-state index is 14.4. The number of anilines is 1. The minimum Gasteiger partial charge on any atom is -0.352 e. The molecule has 0 bridgehead atoms. The molecule has 0 radical (unpaired) electrons. The second kappa shape index (κ2) is 14.8. The van der Waals surface area contributed by atoms with Crippen molar-refractivity contribution in [1.29, 1.82) is 0 Å². The molecule has 1 atom stereocenters. The van der Waals surface area contributed by atoms with E-state index < -0.39 is 28.5 Å². The number of nitrogens with zero attached hydrogens (tertiary/aromatic N) is 2. The first-order valence-corrected chi connectivity index (χ1v) is 16.4. The summed E-state index contributed by atoms with van der Waals surface area (Å²) < 4.78 is 29.1. The predicted octanol–water partition coefficient (Wildman–Crippen LogP) is 6.66. The number of benzene rings is 4. The fraction of sp³-hybridized carbons (Fsp3) is 0.235. The largest absolute Gasteiger partial charge is 0.352 e. The summed E-state index contributed by atoms with van der Waals surface area (Å²) in [5.74, 6) is -0.920. The molecule has 0 aliphatic rings. The maximum atomic E-state index is 14.4. The van der Waals surface area contributed by atoms with Gasteiger partial charge in [-0.15, -0.1) is 0 Å². The molecule has 10 heteroatoms. The molecule has 7 nitrogen and oxygen atoms in total. The highest BCUT2D eigenvalue weighted by Gasteiger charge is 2.35. The zero-order valence-electron chi connectivity index (χ0n) is 24.8. The van der Waals surface area contributed by atoms with Gasteiger partial charge in [-0.3, -0.25) is 13.9 Å². The van der Waals surface area contributed by atoms with Crippen LogP contribution in [0, 0.1) is 6.92 Å². The molecule has 0 unspecified atom stereocenters. The average molecular weight is 653 g/mol. The number of halogens is 2. The fourth-order valence-corrected chi connectivity index (χ4v) is 6.57. The molecule has 44 heavy (non-hydrogen) atoms. The molecular weight excluding hydrogens is 617 g/mol.